The molecule has 3 heteroatoms. The molecule has 0 amide bonds. The van der Waals surface area contributed by atoms with Crippen molar-refractivity contribution in [3.05, 3.63) is 41.5 Å². The highest BCUT2D eigenvalue weighted by Gasteiger charge is 2.29. The van der Waals surface area contributed by atoms with Crippen molar-refractivity contribution in [1.29, 1.82) is 0 Å². The maximum Gasteiger partial charge on any atom is 0.416 e. The van der Waals surface area contributed by atoms with Crippen LogP contribution in [-0.2, 0) is 6.18 Å². The summed E-state index contributed by atoms with van der Waals surface area (Å²) in [6, 6.07) is 5.05. The van der Waals surface area contributed by atoms with Gasteiger partial charge >= 0.3 is 6.18 Å². The van der Waals surface area contributed by atoms with E-state index in [0.717, 1.165) is 17.7 Å². The highest BCUT2D eigenvalue weighted by atomic mass is 19.4. The summed E-state index contributed by atoms with van der Waals surface area (Å²) in [7, 11) is 0. The molecule has 0 bridgehead atoms. The van der Waals surface area contributed by atoms with Gasteiger partial charge in [0, 0.05) is 0 Å². The number of rotatable bonds is 1. The summed E-state index contributed by atoms with van der Waals surface area (Å²) in [6.07, 6.45) is -0.711. The highest BCUT2D eigenvalue weighted by molar-refractivity contribution is 5.49. The molecule has 0 saturated carbocycles. The van der Waals surface area contributed by atoms with E-state index < -0.39 is 11.7 Å². The lowest BCUT2D eigenvalue weighted by Gasteiger charge is -2.05. The Morgan fingerprint density at radius 1 is 0.882 bits per heavy atom. The van der Waals surface area contributed by atoms with Crippen LogP contribution < -0.4 is 0 Å². The van der Waals surface area contributed by atoms with E-state index in [0.29, 0.717) is 0 Å². The second-order valence-electron chi connectivity index (χ2n) is 2.62. The summed E-state index contributed by atoms with van der Waals surface area (Å²) in [5, 5.41) is 0. The molecular weight excluding hydrogens is 225 g/mol. The predicted molar refractivity (Wildman–Crippen MR) is 68.8 cm³/mol. The zero-order valence-electron chi connectivity index (χ0n) is 11.1. The minimum atomic E-state index is -4.24. The first-order valence-electron chi connectivity index (χ1n) is 5.84. The van der Waals surface area contributed by atoms with Crippen LogP contribution in [0.4, 0.5) is 13.2 Å². The molecular formula is C14H21F3. The smallest absolute Gasteiger partial charge is 0.166 e. The standard InChI is InChI=1S/C10H9F3.2C2H6/c1-2-3-8-4-6-9(7-5-8)10(11,12)13;2*1-2/h2-7H,1H3;2*1-2H3/b3-2+;;. The van der Waals surface area contributed by atoms with Crippen molar-refractivity contribution >= 4 is 6.08 Å². The second-order valence-corrected chi connectivity index (χ2v) is 2.62. The van der Waals surface area contributed by atoms with Crippen molar-refractivity contribution in [2.75, 3.05) is 0 Å². The Balaban J connectivity index is 0. The average Bonchev–Trinajstić information content (AvgIpc) is 2.34. The first-order chi connectivity index (χ1) is 8.04. The molecule has 0 radical (unpaired) electrons. The van der Waals surface area contributed by atoms with Crippen LogP contribution in [0.1, 0.15) is 45.7 Å². The van der Waals surface area contributed by atoms with Gasteiger partial charge in [0.1, 0.15) is 0 Å². The van der Waals surface area contributed by atoms with E-state index in [1.807, 2.05) is 34.6 Å². The number of alkyl halides is 3. The molecule has 0 spiro atoms. The molecule has 1 aromatic rings. The molecule has 98 valence electrons. The third kappa shape index (κ3) is 7.61. The van der Waals surface area contributed by atoms with E-state index in [-0.39, 0.29) is 0 Å². The van der Waals surface area contributed by atoms with Crippen molar-refractivity contribution in [2.45, 2.75) is 40.8 Å². The quantitative estimate of drug-likeness (QED) is 0.588. The van der Waals surface area contributed by atoms with E-state index in [2.05, 4.69) is 0 Å². The van der Waals surface area contributed by atoms with Crippen molar-refractivity contribution in [3.63, 3.8) is 0 Å². The topological polar surface area (TPSA) is 0 Å². The molecule has 0 atom stereocenters. The predicted octanol–water partition coefficient (Wildman–Crippen LogP) is 5.79. The largest absolute Gasteiger partial charge is 0.416 e. The lowest BCUT2D eigenvalue weighted by Crippen LogP contribution is -2.03. The summed E-state index contributed by atoms with van der Waals surface area (Å²) in [5.41, 5.74) is 0.163. The van der Waals surface area contributed by atoms with Gasteiger partial charge in [-0.25, -0.2) is 0 Å². The minimum absolute atomic E-state index is 0.610. The fraction of sp³-hybridized carbons (Fsp3) is 0.429. The first kappa shape index (κ1) is 18.1. The van der Waals surface area contributed by atoms with Crippen LogP contribution >= 0.6 is 0 Å². The Bertz CT molecular complexity index is 294. The SMILES string of the molecule is C/C=C/c1ccc(C(F)(F)F)cc1.CC.CC. The molecule has 1 rings (SSSR count). The third-order valence-electron chi connectivity index (χ3n) is 1.60. The molecule has 0 fully saturated rings. The van der Waals surface area contributed by atoms with Crippen molar-refractivity contribution in [3.8, 4) is 0 Å². The van der Waals surface area contributed by atoms with Crippen LogP contribution in [0.3, 0.4) is 0 Å². The molecule has 1 aromatic carbocycles. The summed E-state index contributed by atoms with van der Waals surface area (Å²) >= 11 is 0. The molecule has 17 heavy (non-hydrogen) atoms. The van der Waals surface area contributed by atoms with Gasteiger partial charge in [-0.15, -0.1) is 0 Å². The summed E-state index contributed by atoms with van der Waals surface area (Å²) < 4.78 is 36.3. The lowest BCUT2D eigenvalue weighted by atomic mass is 10.1. The zero-order valence-corrected chi connectivity index (χ0v) is 11.1. The fourth-order valence-corrected chi connectivity index (χ4v) is 0.976. The van der Waals surface area contributed by atoms with Crippen LogP contribution in [0, 0.1) is 0 Å². The van der Waals surface area contributed by atoms with Gasteiger partial charge < -0.3 is 0 Å². The molecule has 0 unspecified atom stereocenters. The number of hydrogen-bond acceptors (Lipinski definition) is 0. The van der Waals surface area contributed by atoms with Crippen LogP contribution in [0.25, 0.3) is 6.08 Å². The number of halogens is 3. The van der Waals surface area contributed by atoms with E-state index in [4.69, 9.17) is 0 Å². The Labute approximate surface area is 102 Å². The van der Waals surface area contributed by atoms with E-state index in [1.165, 1.54) is 12.1 Å². The maximum atomic E-state index is 12.1. The first-order valence-corrected chi connectivity index (χ1v) is 5.84. The third-order valence-corrected chi connectivity index (χ3v) is 1.60. The summed E-state index contributed by atoms with van der Waals surface area (Å²) in [4.78, 5) is 0. The highest BCUT2D eigenvalue weighted by Crippen LogP contribution is 2.29. The molecule has 0 aromatic heterocycles. The minimum Gasteiger partial charge on any atom is -0.166 e. The lowest BCUT2D eigenvalue weighted by molar-refractivity contribution is -0.137. The molecule has 0 aliphatic carbocycles. The number of benzene rings is 1. The molecule has 0 N–H and O–H groups in total. The number of allylic oxidation sites excluding steroid dienone is 1. The molecule has 0 aliphatic heterocycles. The van der Waals surface area contributed by atoms with Gasteiger partial charge in [0.25, 0.3) is 0 Å². The van der Waals surface area contributed by atoms with Gasteiger partial charge in [0.15, 0.2) is 0 Å². The summed E-state index contributed by atoms with van der Waals surface area (Å²) in [5.74, 6) is 0. The van der Waals surface area contributed by atoms with Crippen LogP contribution in [0.5, 0.6) is 0 Å². The van der Waals surface area contributed by atoms with E-state index in [9.17, 15) is 13.2 Å². The van der Waals surface area contributed by atoms with Gasteiger partial charge in [-0.05, 0) is 24.6 Å². The average molecular weight is 246 g/mol. The van der Waals surface area contributed by atoms with Crippen LogP contribution in [-0.4, -0.2) is 0 Å². The van der Waals surface area contributed by atoms with Gasteiger partial charge in [-0.2, -0.15) is 13.2 Å². The van der Waals surface area contributed by atoms with Crippen LogP contribution in [0.15, 0.2) is 30.3 Å². The maximum absolute atomic E-state index is 12.1. The Kier molecular flexibility index (Phi) is 10.6. The Morgan fingerprint density at radius 2 is 1.29 bits per heavy atom. The molecule has 0 saturated heterocycles. The van der Waals surface area contributed by atoms with Gasteiger partial charge in [-0.3, -0.25) is 0 Å². The van der Waals surface area contributed by atoms with Crippen LogP contribution in [0.2, 0.25) is 0 Å². The van der Waals surface area contributed by atoms with E-state index in [1.54, 1.807) is 12.2 Å². The van der Waals surface area contributed by atoms with Gasteiger partial charge in [0.2, 0.25) is 0 Å². The fourth-order valence-electron chi connectivity index (χ4n) is 0.976. The van der Waals surface area contributed by atoms with Gasteiger partial charge in [-0.1, -0.05) is 52.0 Å². The summed E-state index contributed by atoms with van der Waals surface area (Å²) in [6.45, 7) is 9.82. The monoisotopic (exact) mass is 246 g/mol. The zero-order chi connectivity index (χ0) is 13.9. The van der Waals surface area contributed by atoms with Crippen molar-refractivity contribution in [2.24, 2.45) is 0 Å². The molecule has 0 heterocycles. The molecule has 0 nitrogen and oxygen atoms in total. The van der Waals surface area contributed by atoms with Crippen molar-refractivity contribution < 1.29 is 13.2 Å². The Hall–Kier alpha value is -1.25. The van der Waals surface area contributed by atoms with Gasteiger partial charge in [0.05, 0.1) is 5.56 Å². The van der Waals surface area contributed by atoms with Crippen molar-refractivity contribution in [1.82, 2.24) is 0 Å². The Morgan fingerprint density at radius 3 is 1.59 bits per heavy atom. The molecule has 0 aliphatic rings. The van der Waals surface area contributed by atoms with E-state index >= 15 is 0 Å². The second kappa shape index (κ2) is 9.94. The number of hydrogen-bond donors (Lipinski definition) is 0. The normalized spacial score (nSPS) is 10.1.